The third kappa shape index (κ3) is 3.32. The van der Waals surface area contributed by atoms with Crippen molar-refractivity contribution >= 4 is 15.5 Å². The number of hydrogen-bond acceptors (Lipinski definition) is 4. The summed E-state index contributed by atoms with van der Waals surface area (Å²) in [6.45, 7) is 1.97. The van der Waals surface area contributed by atoms with Crippen LogP contribution in [0.3, 0.4) is 0 Å². The Balaban J connectivity index is 2.30. The maximum atomic E-state index is 11.7. The quantitative estimate of drug-likeness (QED) is 0.932. The normalized spacial score (nSPS) is 12.9. The first-order chi connectivity index (χ1) is 8.98. The zero-order valence-corrected chi connectivity index (χ0v) is 11.7. The Morgan fingerprint density at radius 3 is 2.53 bits per heavy atom. The maximum Gasteiger partial charge on any atom is 0.177 e. The molecule has 0 fully saturated rings. The summed E-state index contributed by atoms with van der Waals surface area (Å²) in [5.41, 5.74) is 1.62. The molecule has 2 rings (SSSR count). The van der Waals surface area contributed by atoms with Crippen molar-refractivity contribution in [3.8, 4) is 0 Å². The van der Waals surface area contributed by atoms with Gasteiger partial charge >= 0.3 is 0 Å². The number of nitrogens with one attached hydrogen (secondary N) is 1. The van der Waals surface area contributed by atoms with Crippen LogP contribution in [0.25, 0.3) is 0 Å². The van der Waals surface area contributed by atoms with Crippen LogP contribution in [0.2, 0.25) is 0 Å². The Hall–Kier alpha value is -1.88. The van der Waals surface area contributed by atoms with Gasteiger partial charge in [0.05, 0.1) is 16.6 Å². The van der Waals surface area contributed by atoms with Crippen LogP contribution in [-0.2, 0) is 9.84 Å². The molecule has 1 heterocycles. The predicted octanol–water partition coefficient (Wildman–Crippen LogP) is 2.66. The summed E-state index contributed by atoms with van der Waals surface area (Å²) in [5.74, 6) is 0. The van der Waals surface area contributed by atoms with E-state index in [-0.39, 0.29) is 6.04 Å². The number of aromatic nitrogens is 1. The minimum Gasteiger partial charge on any atom is -0.377 e. The SMILES string of the molecule is CC(Nc1ccccc1S(C)(=O)=O)c1cccnc1. The molecule has 1 N–H and O–H groups in total. The summed E-state index contributed by atoms with van der Waals surface area (Å²) in [6.07, 6.45) is 4.68. The van der Waals surface area contributed by atoms with E-state index in [1.165, 1.54) is 6.26 Å². The fraction of sp³-hybridized carbons (Fsp3) is 0.214. The van der Waals surface area contributed by atoms with E-state index in [9.17, 15) is 8.42 Å². The average Bonchev–Trinajstić information content (AvgIpc) is 2.39. The van der Waals surface area contributed by atoms with Crippen molar-refractivity contribution in [2.75, 3.05) is 11.6 Å². The molecule has 0 saturated carbocycles. The number of para-hydroxylation sites is 1. The van der Waals surface area contributed by atoms with Gasteiger partial charge in [-0.1, -0.05) is 18.2 Å². The molecule has 1 atom stereocenters. The molecule has 19 heavy (non-hydrogen) atoms. The van der Waals surface area contributed by atoms with Crippen LogP contribution in [0, 0.1) is 0 Å². The molecule has 1 unspecified atom stereocenters. The van der Waals surface area contributed by atoms with Crippen molar-refractivity contribution in [3.05, 3.63) is 54.4 Å². The molecule has 1 aromatic carbocycles. The van der Waals surface area contributed by atoms with Gasteiger partial charge in [-0.2, -0.15) is 0 Å². The number of pyridine rings is 1. The van der Waals surface area contributed by atoms with E-state index in [0.29, 0.717) is 10.6 Å². The van der Waals surface area contributed by atoms with Crippen molar-refractivity contribution in [1.29, 1.82) is 0 Å². The van der Waals surface area contributed by atoms with Gasteiger partial charge in [0, 0.05) is 18.6 Å². The standard InChI is InChI=1S/C14H16N2O2S/c1-11(12-6-5-9-15-10-12)16-13-7-3-4-8-14(13)19(2,17)18/h3-11,16H,1-2H3. The highest BCUT2D eigenvalue weighted by atomic mass is 32.2. The molecule has 5 heteroatoms. The van der Waals surface area contributed by atoms with Crippen LogP contribution in [-0.4, -0.2) is 19.7 Å². The smallest absolute Gasteiger partial charge is 0.177 e. The van der Waals surface area contributed by atoms with E-state index < -0.39 is 9.84 Å². The summed E-state index contributed by atoms with van der Waals surface area (Å²) in [7, 11) is -3.24. The molecule has 0 aliphatic heterocycles. The zero-order chi connectivity index (χ0) is 13.9. The van der Waals surface area contributed by atoms with Crippen molar-refractivity contribution in [3.63, 3.8) is 0 Å². The van der Waals surface area contributed by atoms with Gasteiger partial charge in [0.1, 0.15) is 0 Å². The fourth-order valence-electron chi connectivity index (χ4n) is 1.86. The number of sulfone groups is 1. The van der Waals surface area contributed by atoms with Crippen molar-refractivity contribution in [2.24, 2.45) is 0 Å². The Bertz CT molecular complexity index is 654. The van der Waals surface area contributed by atoms with Crippen LogP contribution in [0.5, 0.6) is 0 Å². The minimum absolute atomic E-state index is 0.0170. The van der Waals surface area contributed by atoms with Gasteiger partial charge in [0.25, 0.3) is 0 Å². The van der Waals surface area contributed by atoms with Crippen molar-refractivity contribution in [2.45, 2.75) is 17.9 Å². The zero-order valence-electron chi connectivity index (χ0n) is 10.9. The van der Waals surface area contributed by atoms with Crippen LogP contribution < -0.4 is 5.32 Å². The predicted molar refractivity (Wildman–Crippen MR) is 75.8 cm³/mol. The Kier molecular flexibility index (Phi) is 3.85. The summed E-state index contributed by atoms with van der Waals surface area (Å²) in [6, 6.07) is 10.7. The minimum atomic E-state index is -3.24. The number of hydrogen-bond donors (Lipinski definition) is 1. The lowest BCUT2D eigenvalue weighted by Gasteiger charge is -2.17. The largest absolute Gasteiger partial charge is 0.377 e. The van der Waals surface area contributed by atoms with Gasteiger partial charge in [-0.15, -0.1) is 0 Å². The molecule has 0 saturated heterocycles. The second kappa shape index (κ2) is 5.40. The van der Waals surface area contributed by atoms with Crippen molar-refractivity contribution in [1.82, 2.24) is 4.98 Å². The lowest BCUT2D eigenvalue weighted by Crippen LogP contribution is -2.10. The molecule has 0 bridgehead atoms. The van der Waals surface area contributed by atoms with Gasteiger partial charge in [-0.05, 0) is 30.7 Å². The highest BCUT2D eigenvalue weighted by Crippen LogP contribution is 2.25. The number of rotatable bonds is 4. The molecule has 0 aliphatic carbocycles. The number of benzene rings is 1. The lowest BCUT2D eigenvalue weighted by molar-refractivity contribution is 0.602. The van der Waals surface area contributed by atoms with Crippen LogP contribution in [0.1, 0.15) is 18.5 Å². The molecule has 100 valence electrons. The molecule has 0 amide bonds. The molecule has 4 nitrogen and oxygen atoms in total. The molecule has 0 spiro atoms. The van der Waals surface area contributed by atoms with E-state index in [1.807, 2.05) is 25.1 Å². The second-order valence-corrected chi connectivity index (χ2v) is 6.40. The number of anilines is 1. The summed E-state index contributed by atoms with van der Waals surface area (Å²) in [4.78, 5) is 4.37. The average molecular weight is 276 g/mol. The highest BCUT2D eigenvalue weighted by molar-refractivity contribution is 7.90. The van der Waals surface area contributed by atoms with E-state index in [2.05, 4.69) is 10.3 Å². The van der Waals surface area contributed by atoms with Crippen molar-refractivity contribution < 1.29 is 8.42 Å². The third-order valence-electron chi connectivity index (χ3n) is 2.84. The van der Waals surface area contributed by atoms with Gasteiger partial charge in [0.2, 0.25) is 0 Å². The topological polar surface area (TPSA) is 59.1 Å². The Labute approximate surface area is 113 Å². The summed E-state index contributed by atoms with van der Waals surface area (Å²) >= 11 is 0. The first kappa shape index (κ1) is 13.5. The van der Waals surface area contributed by atoms with E-state index >= 15 is 0 Å². The Morgan fingerprint density at radius 1 is 1.16 bits per heavy atom. The monoisotopic (exact) mass is 276 g/mol. The van der Waals surface area contributed by atoms with Gasteiger partial charge < -0.3 is 5.32 Å². The molecular weight excluding hydrogens is 260 g/mol. The fourth-order valence-corrected chi connectivity index (χ4v) is 2.71. The van der Waals surface area contributed by atoms with Gasteiger partial charge in [-0.3, -0.25) is 4.98 Å². The van der Waals surface area contributed by atoms with E-state index in [0.717, 1.165) is 5.56 Å². The third-order valence-corrected chi connectivity index (χ3v) is 4.00. The second-order valence-electron chi connectivity index (χ2n) is 4.42. The molecular formula is C14H16N2O2S. The van der Waals surface area contributed by atoms with Crippen LogP contribution >= 0.6 is 0 Å². The summed E-state index contributed by atoms with van der Waals surface area (Å²) < 4.78 is 23.4. The molecule has 1 aromatic heterocycles. The van der Waals surface area contributed by atoms with Gasteiger partial charge in [0.15, 0.2) is 9.84 Å². The molecule has 0 radical (unpaired) electrons. The Morgan fingerprint density at radius 2 is 1.89 bits per heavy atom. The van der Waals surface area contributed by atoms with E-state index in [1.54, 1.807) is 30.6 Å². The molecule has 0 aliphatic rings. The van der Waals surface area contributed by atoms with Crippen LogP contribution in [0.4, 0.5) is 5.69 Å². The number of nitrogens with zero attached hydrogens (tertiary/aromatic N) is 1. The molecule has 2 aromatic rings. The van der Waals surface area contributed by atoms with E-state index in [4.69, 9.17) is 0 Å². The van der Waals surface area contributed by atoms with Gasteiger partial charge in [-0.25, -0.2) is 8.42 Å². The highest BCUT2D eigenvalue weighted by Gasteiger charge is 2.14. The first-order valence-electron chi connectivity index (χ1n) is 5.94. The lowest BCUT2D eigenvalue weighted by atomic mass is 10.1. The van der Waals surface area contributed by atoms with Crippen LogP contribution in [0.15, 0.2) is 53.7 Å². The first-order valence-corrected chi connectivity index (χ1v) is 7.83. The summed E-state index contributed by atoms with van der Waals surface area (Å²) in [5, 5.41) is 3.21. The maximum absolute atomic E-state index is 11.7.